The summed E-state index contributed by atoms with van der Waals surface area (Å²) < 4.78 is 0. The Balaban J connectivity index is 2.10. The highest BCUT2D eigenvalue weighted by molar-refractivity contribution is 6.06. The molecule has 0 atom stereocenters. The molecule has 1 amide bonds. The van der Waals surface area contributed by atoms with Crippen LogP contribution in [0.4, 0.5) is 5.69 Å². The Morgan fingerprint density at radius 1 is 1.11 bits per heavy atom. The van der Waals surface area contributed by atoms with Gasteiger partial charge in [0.15, 0.2) is 0 Å². The van der Waals surface area contributed by atoms with Crippen molar-refractivity contribution in [2.45, 2.75) is 19.3 Å². The molecule has 0 saturated heterocycles. The van der Waals surface area contributed by atoms with Crippen LogP contribution in [0.25, 0.3) is 11.1 Å². The fraction of sp³-hybridized carbons (Fsp3) is 0.214. The Morgan fingerprint density at radius 3 is 2.56 bits per heavy atom. The van der Waals surface area contributed by atoms with E-state index in [2.05, 4.69) is 15.3 Å². The van der Waals surface area contributed by atoms with Crippen LogP contribution in [0.5, 0.6) is 0 Å². The number of aromatic nitrogens is 2. The zero-order valence-electron chi connectivity index (χ0n) is 10.3. The summed E-state index contributed by atoms with van der Waals surface area (Å²) in [7, 11) is 0. The molecular formula is C14H13N3O. The van der Waals surface area contributed by atoms with E-state index in [0.717, 1.165) is 22.4 Å². The average Bonchev–Trinajstić information content (AvgIpc) is 2.61. The number of anilines is 1. The molecule has 0 spiro atoms. The highest BCUT2D eigenvalue weighted by Gasteiger charge is 2.38. The first-order valence-electron chi connectivity index (χ1n) is 5.80. The maximum absolute atomic E-state index is 11.9. The van der Waals surface area contributed by atoms with Crippen LogP contribution in [0.1, 0.15) is 19.4 Å². The number of amides is 1. The first-order chi connectivity index (χ1) is 8.59. The zero-order chi connectivity index (χ0) is 12.8. The molecule has 0 fully saturated rings. The SMILES string of the molecule is CC1(C)C(=O)Nc2cc(-c3cncnc3)ccc21. The molecule has 2 aromatic rings. The molecule has 0 aliphatic carbocycles. The summed E-state index contributed by atoms with van der Waals surface area (Å²) in [5.74, 6) is 0.0407. The number of carbonyl (C=O) groups excluding carboxylic acids is 1. The number of hydrogen-bond acceptors (Lipinski definition) is 3. The van der Waals surface area contributed by atoms with Crippen LogP contribution in [0, 0.1) is 0 Å². The van der Waals surface area contributed by atoms with Gasteiger partial charge in [-0.1, -0.05) is 12.1 Å². The van der Waals surface area contributed by atoms with Crippen molar-refractivity contribution < 1.29 is 4.79 Å². The quantitative estimate of drug-likeness (QED) is 0.831. The number of benzene rings is 1. The van der Waals surface area contributed by atoms with Gasteiger partial charge in [-0.2, -0.15) is 0 Å². The maximum Gasteiger partial charge on any atom is 0.234 e. The number of nitrogens with zero attached hydrogens (tertiary/aromatic N) is 2. The Morgan fingerprint density at radius 2 is 1.83 bits per heavy atom. The molecule has 1 aromatic heterocycles. The van der Waals surface area contributed by atoms with E-state index in [9.17, 15) is 4.79 Å². The third-order valence-electron chi connectivity index (χ3n) is 3.40. The Bertz CT molecular complexity index is 620. The van der Waals surface area contributed by atoms with Gasteiger partial charge in [0.05, 0.1) is 5.41 Å². The molecule has 90 valence electrons. The van der Waals surface area contributed by atoms with Gasteiger partial charge in [0.2, 0.25) is 5.91 Å². The van der Waals surface area contributed by atoms with Gasteiger partial charge in [-0.05, 0) is 31.0 Å². The molecule has 0 bridgehead atoms. The lowest BCUT2D eigenvalue weighted by atomic mass is 9.85. The molecule has 4 nitrogen and oxygen atoms in total. The van der Waals surface area contributed by atoms with Gasteiger partial charge in [0, 0.05) is 23.6 Å². The van der Waals surface area contributed by atoms with E-state index < -0.39 is 5.41 Å². The van der Waals surface area contributed by atoms with Crippen LogP contribution in [0.3, 0.4) is 0 Å². The number of nitrogens with one attached hydrogen (secondary N) is 1. The molecule has 3 rings (SSSR count). The van der Waals surface area contributed by atoms with Gasteiger partial charge in [0.1, 0.15) is 6.33 Å². The van der Waals surface area contributed by atoms with Gasteiger partial charge in [-0.25, -0.2) is 9.97 Å². The first-order valence-corrected chi connectivity index (χ1v) is 5.80. The van der Waals surface area contributed by atoms with Crippen LogP contribution in [-0.2, 0) is 10.2 Å². The van der Waals surface area contributed by atoms with E-state index >= 15 is 0 Å². The highest BCUT2D eigenvalue weighted by atomic mass is 16.2. The molecular weight excluding hydrogens is 226 g/mol. The summed E-state index contributed by atoms with van der Waals surface area (Å²) in [5.41, 5.74) is 3.41. The lowest BCUT2D eigenvalue weighted by Gasteiger charge is -2.14. The summed E-state index contributed by atoms with van der Waals surface area (Å²) in [6, 6.07) is 5.97. The molecule has 1 aromatic carbocycles. The van der Waals surface area contributed by atoms with Crippen LogP contribution in [0.15, 0.2) is 36.9 Å². The standard InChI is InChI=1S/C14H13N3O/c1-14(2)11-4-3-9(5-12(11)17-13(14)18)10-6-15-8-16-7-10/h3-8H,1-2H3,(H,17,18). The third kappa shape index (κ3) is 1.49. The van der Waals surface area contributed by atoms with Crippen molar-refractivity contribution in [1.29, 1.82) is 0 Å². The Labute approximate surface area is 105 Å². The summed E-state index contributed by atoms with van der Waals surface area (Å²) in [6.45, 7) is 3.86. The first kappa shape index (κ1) is 10.9. The number of hydrogen-bond donors (Lipinski definition) is 1. The van der Waals surface area contributed by atoms with E-state index in [4.69, 9.17) is 0 Å². The van der Waals surface area contributed by atoms with Crippen molar-refractivity contribution in [3.8, 4) is 11.1 Å². The number of rotatable bonds is 1. The van der Waals surface area contributed by atoms with E-state index in [-0.39, 0.29) is 5.91 Å². The summed E-state index contributed by atoms with van der Waals surface area (Å²) in [5, 5.41) is 2.92. The van der Waals surface area contributed by atoms with Gasteiger partial charge in [0.25, 0.3) is 0 Å². The Hall–Kier alpha value is -2.23. The second kappa shape index (κ2) is 3.63. The van der Waals surface area contributed by atoms with E-state index in [0.29, 0.717) is 0 Å². The van der Waals surface area contributed by atoms with E-state index in [1.54, 1.807) is 12.4 Å². The molecule has 0 unspecified atom stereocenters. The Kier molecular flexibility index (Phi) is 2.20. The lowest BCUT2D eigenvalue weighted by molar-refractivity contribution is -0.119. The largest absolute Gasteiger partial charge is 0.325 e. The highest BCUT2D eigenvalue weighted by Crippen LogP contribution is 2.39. The topological polar surface area (TPSA) is 54.9 Å². The van der Waals surface area contributed by atoms with Crippen LogP contribution >= 0.6 is 0 Å². The minimum Gasteiger partial charge on any atom is -0.325 e. The van der Waals surface area contributed by atoms with Crippen LogP contribution < -0.4 is 5.32 Å². The minimum atomic E-state index is -0.457. The molecule has 0 saturated carbocycles. The fourth-order valence-electron chi connectivity index (χ4n) is 2.22. The minimum absolute atomic E-state index is 0.0407. The lowest BCUT2D eigenvalue weighted by Crippen LogP contribution is -2.26. The van der Waals surface area contributed by atoms with Gasteiger partial charge >= 0.3 is 0 Å². The molecule has 0 radical (unpaired) electrons. The van der Waals surface area contributed by atoms with Crippen molar-refractivity contribution in [3.05, 3.63) is 42.5 Å². The summed E-state index contributed by atoms with van der Waals surface area (Å²) in [6.07, 6.45) is 5.02. The van der Waals surface area contributed by atoms with Crippen LogP contribution in [0.2, 0.25) is 0 Å². The molecule has 18 heavy (non-hydrogen) atoms. The molecule has 1 N–H and O–H groups in total. The molecule has 2 heterocycles. The second-order valence-electron chi connectivity index (χ2n) is 4.97. The van der Waals surface area contributed by atoms with E-state index in [1.165, 1.54) is 6.33 Å². The van der Waals surface area contributed by atoms with Crippen molar-refractivity contribution in [1.82, 2.24) is 9.97 Å². The van der Waals surface area contributed by atoms with Gasteiger partial charge in [-0.15, -0.1) is 0 Å². The smallest absolute Gasteiger partial charge is 0.234 e. The monoisotopic (exact) mass is 239 g/mol. The molecule has 1 aliphatic rings. The van der Waals surface area contributed by atoms with Crippen molar-refractivity contribution in [2.75, 3.05) is 5.32 Å². The van der Waals surface area contributed by atoms with Crippen molar-refractivity contribution in [2.24, 2.45) is 0 Å². The van der Waals surface area contributed by atoms with Gasteiger partial charge in [-0.3, -0.25) is 4.79 Å². The average molecular weight is 239 g/mol. The third-order valence-corrected chi connectivity index (χ3v) is 3.40. The predicted molar refractivity (Wildman–Crippen MR) is 69.1 cm³/mol. The fourth-order valence-corrected chi connectivity index (χ4v) is 2.22. The summed E-state index contributed by atoms with van der Waals surface area (Å²) >= 11 is 0. The molecule has 1 aliphatic heterocycles. The van der Waals surface area contributed by atoms with Crippen LogP contribution in [-0.4, -0.2) is 15.9 Å². The predicted octanol–water partition coefficient (Wildman–Crippen LogP) is 2.37. The maximum atomic E-state index is 11.9. The summed E-state index contributed by atoms with van der Waals surface area (Å²) in [4.78, 5) is 19.9. The van der Waals surface area contributed by atoms with Crippen molar-refractivity contribution in [3.63, 3.8) is 0 Å². The second-order valence-corrected chi connectivity index (χ2v) is 4.97. The normalized spacial score (nSPS) is 16.2. The molecule has 4 heteroatoms. The number of fused-ring (bicyclic) bond motifs is 1. The van der Waals surface area contributed by atoms with Crippen molar-refractivity contribution >= 4 is 11.6 Å². The number of carbonyl (C=O) groups is 1. The zero-order valence-corrected chi connectivity index (χ0v) is 10.3. The van der Waals surface area contributed by atoms with Gasteiger partial charge < -0.3 is 5.32 Å². The van der Waals surface area contributed by atoms with E-state index in [1.807, 2.05) is 32.0 Å².